The SMILES string of the molecule is CC[C@H](O)C(=O)NCc1ccccc1. The Balaban J connectivity index is 2.38. The molecule has 0 aromatic heterocycles. The number of hydrogen-bond donors (Lipinski definition) is 2. The van der Waals surface area contributed by atoms with Crippen molar-refractivity contribution in [3.63, 3.8) is 0 Å². The van der Waals surface area contributed by atoms with Crippen LogP contribution in [0.25, 0.3) is 0 Å². The lowest BCUT2D eigenvalue weighted by molar-refractivity contribution is -0.129. The lowest BCUT2D eigenvalue weighted by Crippen LogP contribution is -2.33. The summed E-state index contributed by atoms with van der Waals surface area (Å²) in [4.78, 5) is 11.2. The van der Waals surface area contributed by atoms with Gasteiger partial charge in [-0.3, -0.25) is 4.79 Å². The van der Waals surface area contributed by atoms with E-state index < -0.39 is 6.10 Å². The van der Waals surface area contributed by atoms with E-state index >= 15 is 0 Å². The molecule has 76 valence electrons. The Morgan fingerprint density at radius 1 is 1.43 bits per heavy atom. The van der Waals surface area contributed by atoms with Gasteiger partial charge in [-0.1, -0.05) is 37.3 Å². The van der Waals surface area contributed by atoms with Gasteiger partial charge in [0.2, 0.25) is 5.91 Å². The highest BCUT2D eigenvalue weighted by atomic mass is 16.3. The Labute approximate surface area is 83.8 Å². The maximum absolute atomic E-state index is 11.2. The minimum atomic E-state index is -0.890. The zero-order chi connectivity index (χ0) is 10.4. The topological polar surface area (TPSA) is 49.3 Å². The molecule has 1 aromatic rings. The molecule has 0 spiro atoms. The molecule has 0 unspecified atom stereocenters. The van der Waals surface area contributed by atoms with Crippen molar-refractivity contribution in [3.05, 3.63) is 35.9 Å². The van der Waals surface area contributed by atoms with Crippen LogP contribution in [-0.2, 0) is 11.3 Å². The van der Waals surface area contributed by atoms with Crippen LogP contribution >= 0.6 is 0 Å². The summed E-state index contributed by atoms with van der Waals surface area (Å²) in [5.74, 6) is -0.309. The Morgan fingerprint density at radius 3 is 2.64 bits per heavy atom. The van der Waals surface area contributed by atoms with Gasteiger partial charge in [-0.15, -0.1) is 0 Å². The number of carbonyl (C=O) groups excluding carboxylic acids is 1. The standard InChI is InChI=1S/C11H15NO2/c1-2-10(13)11(14)12-8-9-6-4-3-5-7-9/h3-7,10,13H,2,8H2,1H3,(H,12,14)/t10-/m0/s1. The lowest BCUT2D eigenvalue weighted by atomic mass is 10.2. The fourth-order valence-electron chi connectivity index (χ4n) is 1.09. The molecule has 3 heteroatoms. The molecule has 0 fully saturated rings. The maximum atomic E-state index is 11.2. The molecule has 0 heterocycles. The largest absolute Gasteiger partial charge is 0.383 e. The van der Waals surface area contributed by atoms with Crippen molar-refractivity contribution in [3.8, 4) is 0 Å². The number of benzene rings is 1. The molecule has 1 rings (SSSR count). The van der Waals surface area contributed by atoms with Crippen molar-refractivity contribution in [2.24, 2.45) is 0 Å². The Bertz CT molecular complexity index is 285. The second-order valence-electron chi connectivity index (χ2n) is 3.13. The van der Waals surface area contributed by atoms with Crippen LogP contribution in [0.5, 0.6) is 0 Å². The monoisotopic (exact) mass is 193 g/mol. The molecule has 0 saturated carbocycles. The first-order valence-electron chi connectivity index (χ1n) is 4.73. The van der Waals surface area contributed by atoms with Gasteiger partial charge < -0.3 is 10.4 Å². The first kappa shape index (κ1) is 10.7. The number of amides is 1. The average Bonchev–Trinajstić information content (AvgIpc) is 2.26. The van der Waals surface area contributed by atoms with Gasteiger partial charge in [0.1, 0.15) is 6.10 Å². The minimum absolute atomic E-state index is 0.309. The number of hydrogen-bond acceptors (Lipinski definition) is 2. The highest BCUT2D eigenvalue weighted by Gasteiger charge is 2.10. The van der Waals surface area contributed by atoms with E-state index in [2.05, 4.69) is 5.32 Å². The molecule has 0 saturated heterocycles. The van der Waals surface area contributed by atoms with Crippen LogP contribution in [0, 0.1) is 0 Å². The van der Waals surface area contributed by atoms with Crippen molar-refractivity contribution in [2.75, 3.05) is 0 Å². The number of carbonyl (C=O) groups is 1. The fourth-order valence-corrected chi connectivity index (χ4v) is 1.09. The minimum Gasteiger partial charge on any atom is -0.383 e. The van der Waals surface area contributed by atoms with Gasteiger partial charge >= 0.3 is 0 Å². The van der Waals surface area contributed by atoms with Crippen LogP contribution in [0.3, 0.4) is 0 Å². The maximum Gasteiger partial charge on any atom is 0.249 e. The predicted molar refractivity (Wildman–Crippen MR) is 54.6 cm³/mol. The van der Waals surface area contributed by atoms with Gasteiger partial charge in [0.15, 0.2) is 0 Å². The van der Waals surface area contributed by atoms with E-state index in [4.69, 9.17) is 0 Å². The van der Waals surface area contributed by atoms with Crippen molar-refractivity contribution < 1.29 is 9.90 Å². The third-order valence-corrected chi connectivity index (χ3v) is 2.00. The second kappa shape index (κ2) is 5.40. The van der Waals surface area contributed by atoms with Crippen LogP contribution in [0.15, 0.2) is 30.3 Å². The molecule has 0 aliphatic rings. The molecule has 0 aliphatic heterocycles. The summed E-state index contributed by atoms with van der Waals surface area (Å²) in [6.45, 7) is 2.24. The summed E-state index contributed by atoms with van der Waals surface area (Å²) in [7, 11) is 0. The smallest absolute Gasteiger partial charge is 0.249 e. The van der Waals surface area contributed by atoms with Crippen LogP contribution in [0.1, 0.15) is 18.9 Å². The van der Waals surface area contributed by atoms with Gasteiger partial charge in [-0.2, -0.15) is 0 Å². The Hall–Kier alpha value is -1.35. The highest BCUT2D eigenvalue weighted by molar-refractivity contribution is 5.80. The first-order chi connectivity index (χ1) is 6.74. The average molecular weight is 193 g/mol. The summed E-state index contributed by atoms with van der Waals surface area (Å²) in [6.07, 6.45) is -0.445. The Morgan fingerprint density at radius 2 is 2.07 bits per heavy atom. The molecule has 1 atom stereocenters. The van der Waals surface area contributed by atoms with Crippen molar-refractivity contribution >= 4 is 5.91 Å². The molecular formula is C11H15NO2. The zero-order valence-electron chi connectivity index (χ0n) is 8.23. The van der Waals surface area contributed by atoms with Crippen molar-refractivity contribution in [2.45, 2.75) is 26.0 Å². The van der Waals surface area contributed by atoms with E-state index in [-0.39, 0.29) is 5.91 Å². The second-order valence-corrected chi connectivity index (χ2v) is 3.13. The van der Waals surface area contributed by atoms with Gasteiger partial charge in [-0.05, 0) is 12.0 Å². The first-order valence-corrected chi connectivity index (χ1v) is 4.73. The predicted octanol–water partition coefficient (Wildman–Crippen LogP) is 1.07. The van der Waals surface area contributed by atoms with Crippen LogP contribution < -0.4 is 5.32 Å². The third-order valence-electron chi connectivity index (χ3n) is 2.00. The third kappa shape index (κ3) is 3.18. The van der Waals surface area contributed by atoms with E-state index in [9.17, 15) is 9.90 Å². The number of nitrogens with one attached hydrogen (secondary N) is 1. The van der Waals surface area contributed by atoms with Crippen LogP contribution in [-0.4, -0.2) is 17.1 Å². The molecule has 14 heavy (non-hydrogen) atoms. The molecule has 0 bridgehead atoms. The van der Waals surface area contributed by atoms with Crippen molar-refractivity contribution in [1.82, 2.24) is 5.32 Å². The summed E-state index contributed by atoms with van der Waals surface area (Å²) in [5.41, 5.74) is 1.03. The van der Waals surface area contributed by atoms with E-state index in [1.807, 2.05) is 30.3 Å². The highest BCUT2D eigenvalue weighted by Crippen LogP contribution is 1.98. The van der Waals surface area contributed by atoms with Crippen LogP contribution in [0.2, 0.25) is 0 Å². The van der Waals surface area contributed by atoms with Gasteiger partial charge in [-0.25, -0.2) is 0 Å². The summed E-state index contributed by atoms with van der Waals surface area (Å²) >= 11 is 0. The van der Waals surface area contributed by atoms with Gasteiger partial charge in [0, 0.05) is 6.54 Å². The summed E-state index contributed by atoms with van der Waals surface area (Å²) < 4.78 is 0. The number of aliphatic hydroxyl groups is 1. The van der Waals surface area contributed by atoms with E-state index in [0.29, 0.717) is 13.0 Å². The van der Waals surface area contributed by atoms with E-state index in [1.54, 1.807) is 6.92 Å². The summed E-state index contributed by atoms with van der Waals surface area (Å²) in [6, 6.07) is 9.61. The van der Waals surface area contributed by atoms with Crippen LogP contribution in [0.4, 0.5) is 0 Å². The molecule has 1 aromatic carbocycles. The normalized spacial score (nSPS) is 12.1. The molecular weight excluding hydrogens is 178 g/mol. The van der Waals surface area contributed by atoms with E-state index in [0.717, 1.165) is 5.56 Å². The summed E-state index contributed by atoms with van der Waals surface area (Å²) in [5, 5.41) is 11.9. The number of aliphatic hydroxyl groups excluding tert-OH is 1. The van der Waals surface area contributed by atoms with Gasteiger partial charge in [0.05, 0.1) is 0 Å². The molecule has 0 radical (unpaired) electrons. The van der Waals surface area contributed by atoms with Crippen molar-refractivity contribution in [1.29, 1.82) is 0 Å². The Kier molecular flexibility index (Phi) is 4.13. The van der Waals surface area contributed by atoms with Gasteiger partial charge in [0.25, 0.3) is 0 Å². The zero-order valence-corrected chi connectivity index (χ0v) is 8.23. The van der Waals surface area contributed by atoms with E-state index in [1.165, 1.54) is 0 Å². The quantitative estimate of drug-likeness (QED) is 0.751. The number of rotatable bonds is 4. The molecule has 1 amide bonds. The fraction of sp³-hybridized carbons (Fsp3) is 0.364. The molecule has 0 aliphatic carbocycles. The molecule has 3 nitrogen and oxygen atoms in total. The molecule has 2 N–H and O–H groups in total. The lowest BCUT2D eigenvalue weighted by Gasteiger charge is -2.08.